The Bertz CT molecular complexity index is 1010. The number of piperazine rings is 1. The van der Waals surface area contributed by atoms with Crippen molar-refractivity contribution in [2.75, 3.05) is 57.4 Å². The molecule has 1 aliphatic heterocycles. The highest BCUT2D eigenvalue weighted by atomic mass is 16.5. The predicted molar refractivity (Wildman–Crippen MR) is 109 cm³/mol. The highest BCUT2D eigenvalue weighted by Gasteiger charge is 2.22. The van der Waals surface area contributed by atoms with Crippen LogP contribution in [0.1, 0.15) is 11.1 Å². The molecule has 0 saturated carbocycles. The molecule has 0 unspecified atom stereocenters. The highest BCUT2D eigenvalue weighted by molar-refractivity contribution is 5.85. The Morgan fingerprint density at radius 3 is 2.71 bits per heavy atom. The molecule has 0 aliphatic carbocycles. The van der Waals surface area contributed by atoms with E-state index in [0.717, 1.165) is 60.8 Å². The van der Waals surface area contributed by atoms with Gasteiger partial charge in [0.2, 0.25) is 0 Å². The summed E-state index contributed by atoms with van der Waals surface area (Å²) >= 11 is 0. The van der Waals surface area contributed by atoms with Crippen LogP contribution in [0.2, 0.25) is 0 Å². The van der Waals surface area contributed by atoms with Gasteiger partial charge in [0.05, 0.1) is 36.4 Å². The molecule has 0 amide bonds. The third-order valence-corrected chi connectivity index (χ3v) is 5.35. The summed E-state index contributed by atoms with van der Waals surface area (Å²) in [5, 5.41) is 18.4. The van der Waals surface area contributed by atoms with Crippen molar-refractivity contribution < 1.29 is 9.84 Å². The maximum absolute atomic E-state index is 9.65. The van der Waals surface area contributed by atoms with Gasteiger partial charge in [-0.15, -0.1) is 0 Å². The molecule has 1 fully saturated rings. The van der Waals surface area contributed by atoms with Crippen molar-refractivity contribution in [2.45, 2.75) is 6.92 Å². The SMILES string of the molecule is Cc1cc(N2CCN(CCOCCO)CC2)n2c(nc3ccccc32)c1C#N. The Morgan fingerprint density at radius 1 is 1.18 bits per heavy atom. The fourth-order valence-electron chi connectivity index (χ4n) is 3.86. The molecule has 0 spiro atoms. The number of nitriles is 1. The lowest BCUT2D eigenvalue weighted by Gasteiger charge is -2.36. The Balaban J connectivity index is 1.62. The van der Waals surface area contributed by atoms with E-state index in [4.69, 9.17) is 14.8 Å². The molecule has 1 N–H and O–H groups in total. The zero-order chi connectivity index (χ0) is 19.5. The first-order valence-electron chi connectivity index (χ1n) is 9.69. The summed E-state index contributed by atoms with van der Waals surface area (Å²) in [5.41, 5.74) is 4.27. The largest absolute Gasteiger partial charge is 0.394 e. The van der Waals surface area contributed by atoms with Crippen LogP contribution in [0.25, 0.3) is 16.7 Å². The molecule has 0 bridgehead atoms. The van der Waals surface area contributed by atoms with Crippen LogP contribution in [-0.4, -0.2) is 71.9 Å². The average molecular weight is 379 g/mol. The molecule has 3 aromatic rings. The van der Waals surface area contributed by atoms with Gasteiger partial charge in [-0.3, -0.25) is 9.30 Å². The van der Waals surface area contributed by atoms with E-state index in [9.17, 15) is 5.26 Å². The fraction of sp³-hybridized carbons (Fsp3) is 0.429. The van der Waals surface area contributed by atoms with E-state index in [1.54, 1.807) is 0 Å². The Hall–Kier alpha value is -2.66. The number of hydrogen-bond acceptors (Lipinski definition) is 6. The van der Waals surface area contributed by atoms with Crippen LogP contribution in [0, 0.1) is 18.3 Å². The molecule has 7 nitrogen and oxygen atoms in total. The molecular weight excluding hydrogens is 354 g/mol. The summed E-state index contributed by atoms with van der Waals surface area (Å²) in [6, 6.07) is 12.5. The van der Waals surface area contributed by atoms with Crippen LogP contribution < -0.4 is 4.90 Å². The van der Waals surface area contributed by atoms with Gasteiger partial charge in [-0.05, 0) is 30.7 Å². The zero-order valence-corrected chi connectivity index (χ0v) is 16.1. The number of pyridine rings is 1. The maximum Gasteiger partial charge on any atom is 0.157 e. The van der Waals surface area contributed by atoms with E-state index in [1.807, 2.05) is 25.1 Å². The third-order valence-electron chi connectivity index (χ3n) is 5.35. The van der Waals surface area contributed by atoms with E-state index in [0.29, 0.717) is 18.8 Å². The molecule has 3 heterocycles. The number of benzene rings is 1. The van der Waals surface area contributed by atoms with Gasteiger partial charge in [-0.2, -0.15) is 5.26 Å². The highest BCUT2D eigenvalue weighted by Crippen LogP contribution is 2.29. The normalized spacial score (nSPS) is 15.4. The number of rotatable bonds is 6. The van der Waals surface area contributed by atoms with Crippen molar-refractivity contribution in [1.29, 1.82) is 5.26 Å². The lowest BCUT2D eigenvalue weighted by atomic mass is 10.1. The van der Waals surface area contributed by atoms with Gasteiger partial charge in [0.25, 0.3) is 0 Å². The number of ether oxygens (including phenoxy) is 1. The van der Waals surface area contributed by atoms with Gasteiger partial charge in [0.1, 0.15) is 11.9 Å². The lowest BCUT2D eigenvalue weighted by Crippen LogP contribution is -2.48. The lowest BCUT2D eigenvalue weighted by molar-refractivity contribution is 0.0724. The number of nitrogens with zero attached hydrogens (tertiary/aromatic N) is 5. The van der Waals surface area contributed by atoms with Gasteiger partial charge in [-0.25, -0.2) is 4.98 Å². The van der Waals surface area contributed by atoms with Gasteiger partial charge >= 0.3 is 0 Å². The molecule has 1 saturated heterocycles. The van der Waals surface area contributed by atoms with Crippen molar-refractivity contribution in [3.63, 3.8) is 0 Å². The maximum atomic E-state index is 9.65. The smallest absolute Gasteiger partial charge is 0.157 e. The summed E-state index contributed by atoms with van der Waals surface area (Å²) in [4.78, 5) is 9.50. The topological polar surface area (TPSA) is 77.0 Å². The summed E-state index contributed by atoms with van der Waals surface area (Å²) in [5.74, 6) is 1.09. The second-order valence-electron chi connectivity index (χ2n) is 7.10. The van der Waals surface area contributed by atoms with E-state index in [2.05, 4.69) is 32.4 Å². The van der Waals surface area contributed by atoms with Crippen LogP contribution in [0.5, 0.6) is 0 Å². The number of imidazole rings is 1. The van der Waals surface area contributed by atoms with Crippen molar-refractivity contribution in [3.05, 3.63) is 41.5 Å². The zero-order valence-electron chi connectivity index (χ0n) is 16.1. The Labute approximate surface area is 164 Å². The van der Waals surface area contributed by atoms with Gasteiger partial charge in [-0.1, -0.05) is 12.1 Å². The summed E-state index contributed by atoms with van der Waals surface area (Å²) in [7, 11) is 0. The van der Waals surface area contributed by atoms with Crippen molar-refractivity contribution in [2.24, 2.45) is 0 Å². The van der Waals surface area contributed by atoms with Crippen molar-refractivity contribution in [1.82, 2.24) is 14.3 Å². The van der Waals surface area contributed by atoms with E-state index in [-0.39, 0.29) is 6.61 Å². The first kappa shape index (κ1) is 18.7. The van der Waals surface area contributed by atoms with Crippen LogP contribution in [0.4, 0.5) is 5.82 Å². The number of aromatic nitrogens is 2. The van der Waals surface area contributed by atoms with E-state index < -0.39 is 0 Å². The minimum atomic E-state index is 0.0701. The second-order valence-corrected chi connectivity index (χ2v) is 7.10. The van der Waals surface area contributed by atoms with Gasteiger partial charge in [0, 0.05) is 32.7 Å². The molecule has 4 rings (SSSR count). The minimum absolute atomic E-state index is 0.0701. The number of hydrogen-bond donors (Lipinski definition) is 1. The van der Waals surface area contributed by atoms with Crippen LogP contribution >= 0.6 is 0 Å². The number of aliphatic hydroxyl groups excluding tert-OH is 1. The number of aryl methyl sites for hydroxylation is 1. The van der Waals surface area contributed by atoms with Crippen LogP contribution in [0.3, 0.4) is 0 Å². The first-order valence-corrected chi connectivity index (χ1v) is 9.69. The molecule has 7 heteroatoms. The number of fused-ring (bicyclic) bond motifs is 3. The average Bonchev–Trinajstić information content (AvgIpc) is 3.10. The molecule has 1 aromatic carbocycles. The van der Waals surface area contributed by atoms with Gasteiger partial charge in [0.15, 0.2) is 5.65 Å². The number of para-hydroxylation sites is 2. The first-order chi connectivity index (χ1) is 13.7. The Morgan fingerprint density at radius 2 is 1.96 bits per heavy atom. The van der Waals surface area contributed by atoms with Gasteiger partial charge < -0.3 is 14.7 Å². The third kappa shape index (κ3) is 3.42. The number of anilines is 1. The fourth-order valence-corrected chi connectivity index (χ4v) is 3.86. The molecule has 0 atom stereocenters. The standard InChI is InChI=1S/C21H25N5O2/c1-16-14-20(25-8-6-24(7-9-25)10-12-28-13-11-27)26-19-5-3-2-4-18(19)23-21(26)17(16)15-22/h2-5,14,27H,6-13H2,1H3. The summed E-state index contributed by atoms with van der Waals surface area (Å²) in [6.07, 6.45) is 0. The molecule has 0 radical (unpaired) electrons. The minimum Gasteiger partial charge on any atom is -0.394 e. The van der Waals surface area contributed by atoms with Crippen molar-refractivity contribution >= 4 is 22.5 Å². The van der Waals surface area contributed by atoms with Crippen LogP contribution in [0.15, 0.2) is 30.3 Å². The monoisotopic (exact) mass is 379 g/mol. The molecule has 2 aromatic heterocycles. The van der Waals surface area contributed by atoms with E-state index >= 15 is 0 Å². The second kappa shape index (κ2) is 8.15. The summed E-state index contributed by atoms with van der Waals surface area (Å²) < 4.78 is 7.51. The molecular formula is C21H25N5O2. The van der Waals surface area contributed by atoms with Crippen LogP contribution in [-0.2, 0) is 4.74 Å². The van der Waals surface area contributed by atoms with E-state index in [1.165, 1.54) is 0 Å². The quantitative estimate of drug-likeness (QED) is 0.658. The number of aliphatic hydroxyl groups is 1. The summed E-state index contributed by atoms with van der Waals surface area (Å²) in [6.45, 7) is 7.70. The molecule has 1 aliphatic rings. The predicted octanol–water partition coefficient (Wildman–Crippen LogP) is 1.80. The molecule has 28 heavy (non-hydrogen) atoms. The Kier molecular flexibility index (Phi) is 5.44. The van der Waals surface area contributed by atoms with Crippen molar-refractivity contribution in [3.8, 4) is 6.07 Å². The molecule has 146 valence electrons.